The number of sulfone groups is 1. The second kappa shape index (κ2) is 8.85. The molecule has 24 heavy (non-hydrogen) atoms. The Hall–Kier alpha value is -1.85. The van der Waals surface area contributed by atoms with Crippen LogP contribution in [0.25, 0.3) is 0 Å². The van der Waals surface area contributed by atoms with Gasteiger partial charge in [-0.05, 0) is 64.2 Å². The summed E-state index contributed by atoms with van der Waals surface area (Å²) in [6.07, 6.45) is 3.08. The zero-order valence-electron chi connectivity index (χ0n) is 14.3. The first kappa shape index (κ1) is 18.5. The van der Waals surface area contributed by atoms with Gasteiger partial charge in [0, 0.05) is 0 Å². The summed E-state index contributed by atoms with van der Waals surface area (Å²) in [5.74, 6) is 0.425. The van der Waals surface area contributed by atoms with Gasteiger partial charge < -0.3 is 9.64 Å². The minimum atomic E-state index is -3.56. The molecule has 0 amide bonds. The summed E-state index contributed by atoms with van der Waals surface area (Å²) in [7, 11) is 0.554. The highest BCUT2D eigenvalue weighted by Crippen LogP contribution is 2.29. The number of unbranched alkanes of at least 4 members (excludes halogenated alkanes) is 2. The van der Waals surface area contributed by atoms with E-state index < -0.39 is 9.84 Å². The lowest BCUT2D eigenvalue weighted by Crippen LogP contribution is -2.13. The van der Waals surface area contributed by atoms with Crippen LogP contribution in [-0.2, 0) is 9.84 Å². The van der Waals surface area contributed by atoms with Crippen molar-refractivity contribution in [1.82, 2.24) is 4.90 Å². The van der Waals surface area contributed by atoms with E-state index in [0.717, 1.165) is 25.8 Å². The maximum atomic E-state index is 12.8. The van der Waals surface area contributed by atoms with Gasteiger partial charge in [-0.3, -0.25) is 0 Å². The molecule has 0 spiro atoms. The lowest BCUT2D eigenvalue weighted by molar-refractivity contribution is 0.292. The van der Waals surface area contributed by atoms with E-state index in [2.05, 4.69) is 19.0 Å². The molecular formula is C19H25NO3S. The van der Waals surface area contributed by atoms with E-state index in [4.69, 9.17) is 4.74 Å². The Morgan fingerprint density at radius 3 is 2.25 bits per heavy atom. The normalized spacial score (nSPS) is 11.6. The molecule has 0 aromatic heterocycles. The Morgan fingerprint density at radius 2 is 1.54 bits per heavy atom. The molecule has 0 atom stereocenters. The van der Waals surface area contributed by atoms with E-state index >= 15 is 0 Å². The van der Waals surface area contributed by atoms with Gasteiger partial charge in [-0.15, -0.1) is 0 Å². The maximum Gasteiger partial charge on any atom is 0.210 e. The van der Waals surface area contributed by atoms with Gasteiger partial charge in [0.2, 0.25) is 9.84 Å². The largest absolute Gasteiger partial charge is 0.492 e. The maximum absolute atomic E-state index is 12.8. The summed E-state index contributed by atoms with van der Waals surface area (Å²) in [6.45, 7) is 1.58. The van der Waals surface area contributed by atoms with E-state index in [-0.39, 0.29) is 9.79 Å². The molecule has 2 aromatic carbocycles. The first-order valence-electron chi connectivity index (χ1n) is 8.18. The fraction of sp³-hybridized carbons (Fsp3) is 0.368. The van der Waals surface area contributed by atoms with Gasteiger partial charge in [0.15, 0.2) is 0 Å². The minimum absolute atomic E-state index is 0.226. The molecule has 0 saturated carbocycles. The molecule has 0 bridgehead atoms. The number of benzene rings is 2. The van der Waals surface area contributed by atoms with Crippen molar-refractivity contribution in [2.45, 2.75) is 29.1 Å². The highest BCUT2D eigenvalue weighted by molar-refractivity contribution is 7.91. The molecule has 130 valence electrons. The summed E-state index contributed by atoms with van der Waals surface area (Å²) in [5.41, 5.74) is 0. The Balaban J connectivity index is 2.03. The molecule has 0 saturated heterocycles. The molecule has 4 nitrogen and oxygen atoms in total. The predicted molar refractivity (Wildman–Crippen MR) is 96.2 cm³/mol. The number of para-hydroxylation sites is 1. The molecule has 0 aliphatic rings. The van der Waals surface area contributed by atoms with E-state index in [1.165, 1.54) is 0 Å². The lowest BCUT2D eigenvalue weighted by atomic mass is 10.2. The SMILES string of the molecule is CN(C)CCCCCOc1ccccc1S(=O)(=O)c1ccccc1. The van der Waals surface area contributed by atoms with Crippen LogP contribution >= 0.6 is 0 Å². The number of hydrogen-bond acceptors (Lipinski definition) is 4. The third-order valence-corrected chi connectivity index (χ3v) is 5.51. The van der Waals surface area contributed by atoms with Gasteiger partial charge in [-0.25, -0.2) is 8.42 Å². The first-order valence-corrected chi connectivity index (χ1v) is 9.67. The molecule has 0 heterocycles. The van der Waals surface area contributed by atoms with Crippen LogP contribution in [0.1, 0.15) is 19.3 Å². The van der Waals surface area contributed by atoms with E-state index in [9.17, 15) is 8.42 Å². The second-order valence-electron chi connectivity index (χ2n) is 5.98. The number of hydrogen-bond donors (Lipinski definition) is 0. The van der Waals surface area contributed by atoms with Crippen LogP contribution in [0, 0.1) is 0 Å². The molecule has 0 fully saturated rings. The number of ether oxygens (including phenoxy) is 1. The van der Waals surface area contributed by atoms with Gasteiger partial charge in [-0.1, -0.05) is 30.3 Å². The van der Waals surface area contributed by atoms with Crippen molar-refractivity contribution in [3.63, 3.8) is 0 Å². The summed E-state index contributed by atoms with van der Waals surface area (Å²) >= 11 is 0. The Morgan fingerprint density at radius 1 is 0.875 bits per heavy atom. The summed E-state index contributed by atoms with van der Waals surface area (Å²) in [4.78, 5) is 2.67. The van der Waals surface area contributed by atoms with Gasteiger partial charge in [-0.2, -0.15) is 0 Å². The van der Waals surface area contributed by atoms with E-state index in [1.807, 2.05) is 0 Å². The zero-order chi connectivity index (χ0) is 17.4. The highest BCUT2D eigenvalue weighted by Gasteiger charge is 2.21. The van der Waals surface area contributed by atoms with Crippen molar-refractivity contribution in [2.75, 3.05) is 27.2 Å². The smallest absolute Gasteiger partial charge is 0.210 e. The fourth-order valence-corrected chi connectivity index (χ4v) is 3.83. The van der Waals surface area contributed by atoms with Gasteiger partial charge in [0.1, 0.15) is 10.6 Å². The molecule has 2 aromatic rings. The van der Waals surface area contributed by atoms with Crippen LogP contribution in [0.15, 0.2) is 64.4 Å². The minimum Gasteiger partial charge on any atom is -0.492 e. The average molecular weight is 347 g/mol. The molecule has 0 aliphatic heterocycles. The standard InChI is InChI=1S/C19H25NO3S/c1-20(2)15-9-4-10-16-23-18-13-7-8-14-19(18)24(21,22)17-11-5-3-6-12-17/h3,5-8,11-14H,4,9-10,15-16H2,1-2H3. The molecule has 5 heteroatoms. The third-order valence-electron chi connectivity index (χ3n) is 3.70. The molecule has 0 N–H and O–H groups in total. The van der Waals surface area contributed by atoms with Crippen LogP contribution in [0.3, 0.4) is 0 Å². The predicted octanol–water partition coefficient (Wildman–Crippen LogP) is 3.63. The molecule has 0 unspecified atom stereocenters. The highest BCUT2D eigenvalue weighted by atomic mass is 32.2. The van der Waals surface area contributed by atoms with Crippen LogP contribution in [0.5, 0.6) is 5.75 Å². The van der Waals surface area contributed by atoms with Crippen molar-refractivity contribution in [3.8, 4) is 5.75 Å². The quantitative estimate of drug-likeness (QED) is 0.650. The monoisotopic (exact) mass is 347 g/mol. The lowest BCUT2D eigenvalue weighted by Gasteiger charge is -2.12. The van der Waals surface area contributed by atoms with Crippen LogP contribution in [0.2, 0.25) is 0 Å². The molecule has 0 aliphatic carbocycles. The van der Waals surface area contributed by atoms with Gasteiger partial charge in [0.25, 0.3) is 0 Å². The summed E-state index contributed by atoms with van der Waals surface area (Å²) in [6, 6.07) is 15.3. The fourth-order valence-electron chi connectivity index (χ4n) is 2.41. The second-order valence-corrected chi connectivity index (χ2v) is 7.89. The molecule has 0 radical (unpaired) electrons. The number of rotatable bonds is 9. The van der Waals surface area contributed by atoms with E-state index in [0.29, 0.717) is 12.4 Å². The zero-order valence-corrected chi connectivity index (χ0v) is 15.1. The molecule has 2 rings (SSSR count). The van der Waals surface area contributed by atoms with Gasteiger partial charge >= 0.3 is 0 Å². The van der Waals surface area contributed by atoms with Crippen molar-refractivity contribution in [3.05, 3.63) is 54.6 Å². The van der Waals surface area contributed by atoms with Crippen LogP contribution in [0.4, 0.5) is 0 Å². The van der Waals surface area contributed by atoms with E-state index in [1.54, 1.807) is 54.6 Å². The van der Waals surface area contributed by atoms with Crippen LogP contribution in [-0.4, -0.2) is 40.6 Å². The van der Waals surface area contributed by atoms with Crippen molar-refractivity contribution < 1.29 is 13.2 Å². The Kier molecular flexibility index (Phi) is 6.82. The topological polar surface area (TPSA) is 46.6 Å². The Labute approximate surface area is 145 Å². The van der Waals surface area contributed by atoms with Crippen molar-refractivity contribution in [2.24, 2.45) is 0 Å². The third kappa shape index (κ3) is 5.08. The summed E-state index contributed by atoms with van der Waals surface area (Å²) < 4.78 is 31.3. The number of nitrogens with zero attached hydrogens (tertiary/aromatic N) is 1. The first-order chi connectivity index (χ1) is 11.5. The Bertz CT molecular complexity index is 727. The van der Waals surface area contributed by atoms with Crippen LogP contribution < -0.4 is 4.74 Å². The molecular weight excluding hydrogens is 322 g/mol. The van der Waals surface area contributed by atoms with Crippen molar-refractivity contribution in [1.29, 1.82) is 0 Å². The van der Waals surface area contributed by atoms with Crippen molar-refractivity contribution >= 4 is 9.84 Å². The average Bonchev–Trinajstić information content (AvgIpc) is 2.59. The van der Waals surface area contributed by atoms with Gasteiger partial charge in [0.05, 0.1) is 11.5 Å². The summed E-state index contributed by atoms with van der Waals surface area (Å²) in [5, 5.41) is 0.